The van der Waals surface area contributed by atoms with Crippen molar-refractivity contribution in [2.75, 3.05) is 22.0 Å². The third-order valence-corrected chi connectivity index (χ3v) is 6.43. The quantitative estimate of drug-likeness (QED) is 0.548. The summed E-state index contributed by atoms with van der Waals surface area (Å²) >= 11 is 0. The van der Waals surface area contributed by atoms with Crippen LogP contribution in [0, 0.1) is 13.8 Å². The van der Waals surface area contributed by atoms with Crippen molar-refractivity contribution >= 4 is 38.9 Å². The number of anilines is 3. The van der Waals surface area contributed by atoms with Gasteiger partial charge in [-0.2, -0.15) is 0 Å². The van der Waals surface area contributed by atoms with Gasteiger partial charge >= 0.3 is 0 Å². The van der Waals surface area contributed by atoms with Crippen LogP contribution in [0.2, 0.25) is 0 Å². The summed E-state index contributed by atoms with van der Waals surface area (Å²) in [4.78, 5) is 24.3. The predicted octanol–water partition coefficient (Wildman–Crippen LogP) is 3.69. The van der Waals surface area contributed by atoms with E-state index in [2.05, 4.69) is 15.4 Å². The molecule has 0 spiro atoms. The number of carbonyl (C=O) groups excluding carboxylic acids is 2. The van der Waals surface area contributed by atoms with E-state index in [1.807, 2.05) is 13.0 Å². The minimum absolute atomic E-state index is 0.0434. The maximum atomic E-state index is 12.7. The van der Waals surface area contributed by atoms with Crippen LogP contribution in [0.15, 0.2) is 65.6 Å². The lowest BCUT2D eigenvalue weighted by Gasteiger charge is -2.18. The molecule has 0 bridgehead atoms. The van der Waals surface area contributed by atoms with Crippen LogP contribution in [0.5, 0.6) is 5.75 Å². The summed E-state index contributed by atoms with van der Waals surface area (Å²) in [6.45, 7) is 3.52. The Labute approximate surface area is 185 Å². The molecule has 0 atom stereocenters. The van der Waals surface area contributed by atoms with Gasteiger partial charge in [-0.1, -0.05) is 12.1 Å². The number of hydrogen-bond acceptors (Lipinski definition) is 5. The molecule has 1 heterocycles. The molecule has 0 saturated carbocycles. The zero-order valence-electron chi connectivity index (χ0n) is 17.4. The minimum Gasteiger partial charge on any atom is -0.482 e. The number of sulfonamides is 1. The maximum absolute atomic E-state index is 12.7. The molecule has 32 heavy (non-hydrogen) atoms. The standard InChI is InChI=1S/C23H21N3O5S/c1-14-3-4-15(2)21(11-14)32(29,30)26-17-7-5-16(6-8-17)23(28)24-18-9-10-20-19(12-18)25-22(27)13-31-20/h3-12,26H,13H2,1-2H3,(H,24,28)(H,25,27). The van der Waals surface area contributed by atoms with Gasteiger partial charge in [0.15, 0.2) is 6.61 Å². The van der Waals surface area contributed by atoms with Crippen molar-refractivity contribution in [3.63, 3.8) is 0 Å². The molecule has 3 aromatic carbocycles. The van der Waals surface area contributed by atoms with E-state index >= 15 is 0 Å². The largest absolute Gasteiger partial charge is 0.482 e. The van der Waals surface area contributed by atoms with E-state index in [0.717, 1.165) is 5.56 Å². The van der Waals surface area contributed by atoms with Crippen molar-refractivity contribution in [2.24, 2.45) is 0 Å². The van der Waals surface area contributed by atoms with Gasteiger partial charge in [0.25, 0.3) is 21.8 Å². The van der Waals surface area contributed by atoms with Crippen LogP contribution in [-0.4, -0.2) is 26.8 Å². The second-order valence-corrected chi connectivity index (χ2v) is 9.10. The van der Waals surface area contributed by atoms with E-state index in [1.165, 1.54) is 24.3 Å². The third kappa shape index (κ3) is 4.57. The lowest BCUT2D eigenvalue weighted by atomic mass is 10.2. The highest BCUT2D eigenvalue weighted by Crippen LogP contribution is 2.30. The second kappa shape index (κ2) is 8.35. The first-order chi connectivity index (χ1) is 15.2. The van der Waals surface area contributed by atoms with Crippen LogP contribution in [0.1, 0.15) is 21.5 Å². The number of benzene rings is 3. The number of rotatable bonds is 5. The Morgan fingerprint density at radius 3 is 2.44 bits per heavy atom. The molecule has 0 aromatic heterocycles. The Morgan fingerprint density at radius 1 is 0.969 bits per heavy atom. The van der Waals surface area contributed by atoms with Crippen LogP contribution in [-0.2, 0) is 14.8 Å². The number of nitrogens with one attached hydrogen (secondary N) is 3. The summed E-state index contributed by atoms with van der Waals surface area (Å²) in [5.41, 5.74) is 3.14. The molecular weight excluding hydrogens is 430 g/mol. The number of fused-ring (bicyclic) bond motifs is 1. The van der Waals surface area contributed by atoms with Crippen molar-refractivity contribution < 1.29 is 22.7 Å². The van der Waals surface area contributed by atoms with Crippen molar-refractivity contribution in [1.29, 1.82) is 0 Å². The molecule has 0 unspecified atom stereocenters. The van der Waals surface area contributed by atoms with Gasteiger partial charge < -0.3 is 15.4 Å². The van der Waals surface area contributed by atoms with Gasteiger partial charge in [0.05, 0.1) is 10.6 Å². The molecule has 2 amide bonds. The van der Waals surface area contributed by atoms with E-state index in [1.54, 1.807) is 37.3 Å². The van der Waals surface area contributed by atoms with E-state index < -0.39 is 10.0 Å². The lowest BCUT2D eigenvalue weighted by molar-refractivity contribution is -0.118. The SMILES string of the molecule is Cc1ccc(C)c(S(=O)(=O)Nc2ccc(C(=O)Nc3ccc4c(c3)NC(=O)CO4)cc2)c1. The van der Waals surface area contributed by atoms with Crippen molar-refractivity contribution in [2.45, 2.75) is 18.7 Å². The Balaban J connectivity index is 1.47. The molecule has 0 fully saturated rings. The zero-order chi connectivity index (χ0) is 22.9. The second-order valence-electron chi connectivity index (χ2n) is 7.45. The molecule has 3 aromatic rings. The van der Waals surface area contributed by atoms with Crippen LogP contribution in [0.3, 0.4) is 0 Å². The molecule has 8 nitrogen and oxygen atoms in total. The van der Waals surface area contributed by atoms with Crippen molar-refractivity contribution in [3.8, 4) is 5.75 Å². The Kier molecular flexibility index (Phi) is 5.58. The highest BCUT2D eigenvalue weighted by Gasteiger charge is 2.18. The Morgan fingerprint density at radius 2 is 1.69 bits per heavy atom. The normalized spacial score (nSPS) is 12.9. The van der Waals surface area contributed by atoms with E-state index in [0.29, 0.717) is 33.9 Å². The van der Waals surface area contributed by atoms with Gasteiger partial charge in [-0.25, -0.2) is 8.42 Å². The Hall–Kier alpha value is -3.85. The first-order valence-electron chi connectivity index (χ1n) is 9.79. The first kappa shape index (κ1) is 21.4. The predicted molar refractivity (Wildman–Crippen MR) is 122 cm³/mol. The average molecular weight is 452 g/mol. The fourth-order valence-corrected chi connectivity index (χ4v) is 4.65. The van der Waals surface area contributed by atoms with Gasteiger partial charge in [0.2, 0.25) is 0 Å². The van der Waals surface area contributed by atoms with Crippen molar-refractivity contribution in [3.05, 3.63) is 77.4 Å². The molecule has 3 N–H and O–H groups in total. The molecular formula is C23H21N3O5S. The average Bonchev–Trinajstić information content (AvgIpc) is 2.75. The highest BCUT2D eigenvalue weighted by atomic mass is 32.2. The van der Waals surface area contributed by atoms with Gasteiger partial charge in [0, 0.05) is 16.9 Å². The maximum Gasteiger partial charge on any atom is 0.262 e. The summed E-state index contributed by atoms with van der Waals surface area (Å²) in [7, 11) is -3.76. The summed E-state index contributed by atoms with van der Waals surface area (Å²) in [5, 5.41) is 5.43. The smallest absolute Gasteiger partial charge is 0.262 e. The fraction of sp³-hybridized carbons (Fsp3) is 0.130. The van der Waals surface area contributed by atoms with Crippen molar-refractivity contribution in [1.82, 2.24) is 0 Å². The minimum atomic E-state index is -3.76. The zero-order valence-corrected chi connectivity index (χ0v) is 18.2. The monoisotopic (exact) mass is 451 g/mol. The molecule has 0 aliphatic carbocycles. The van der Waals surface area contributed by atoms with Gasteiger partial charge in [-0.3, -0.25) is 14.3 Å². The molecule has 1 aliphatic rings. The lowest BCUT2D eigenvalue weighted by Crippen LogP contribution is -2.25. The summed E-state index contributed by atoms with van der Waals surface area (Å²) in [6.07, 6.45) is 0. The van der Waals surface area contributed by atoms with E-state index in [4.69, 9.17) is 4.74 Å². The number of aryl methyl sites for hydroxylation is 2. The third-order valence-electron chi connectivity index (χ3n) is 4.90. The highest BCUT2D eigenvalue weighted by molar-refractivity contribution is 7.92. The van der Waals surface area contributed by atoms with Gasteiger partial charge in [0.1, 0.15) is 5.75 Å². The molecule has 4 rings (SSSR count). The summed E-state index contributed by atoms with van der Waals surface area (Å²) in [6, 6.07) is 16.3. The summed E-state index contributed by atoms with van der Waals surface area (Å²) in [5.74, 6) is -0.111. The van der Waals surface area contributed by atoms with E-state index in [9.17, 15) is 18.0 Å². The fourth-order valence-electron chi connectivity index (χ4n) is 3.26. The number of amides is 2. The molecule has 0 radical (unpaired) electrons. The summed E-state index contributed by atoms with van der Waals surface area (Å²) < 4.78 is 33.3. The first-order valence-corrected chi connectivity index (χ1v) is 11.3. The molecule has 1 aliphatic heterocycles. The van der Waals surface area contributed by atoms with Crippen LogP contribution >= 0.6 is 0 Å². The number of carbonyl (C=O) groups is 2. The van der Waals surface area contributed by atoms with Gasteiger partial charge in [-0.15, -0.1) is 0 Å². The topological polar surface area (TPSA) is 114 Å². The number of ether oxygens (including phenoxy) is 1. The van der Waals surface area contributed by atoms with Crippen LogP contribution in [0.25, 0.3) is 0 Å². The molecule has 0 saturated heterocycles. The molecule has 9 heteroatoms. The van der Waals surface area contributed by atoms with E-state index in [-0.39, 0.29) is 23.3 Å². The molecule has 164 valence electrons. The van der Waals surface area contributed by atoms with Crippen LogP contribution in [0.4, 0.5) is 17.1 Å². The Bertz CT molecular complexity index is 1320. The van der Waals surface area contributed by atoms with Gasteiger partial charge in [-0.05, 0) is 73.5 Å². The van der Waals surface area contributed by atoms with Crippen LogP contribution < -0.4 is 20.1 Å². The number of hydrogen-bond donors (Lipinski definition) is 3.